The number of hydrogen-bond donors (Lipinski definition) is 2. The number of Topliss-reactive ketones (excluding diaryl/α,β-unsaturated/α-hetero) is 1. The fourth-order valence-electron chi connectivity index (χ4n) is 2.80. The van der Waals surface area contributed by atoms with E-state index in [1.807, 2.05) is 0 Å². The van der Waals surface area contributed by atoms with Gasteiger partial charge in [-0.15, -0.1) is 0 Å². The monoisotopic (exact) mass is 515 g/mol. The lowest BCUT2D eigenvalue weighted by molar-refractivity contribution is -0.254. The standard InChI is InChI=1S/C22H17BrN2O6S/c1-13(26)14-6-9-16(10-7-14)25-32(30,31)20-12-15(8-11-18(20)23)21(27)24-19-5-3-2-4-17(19)22(28)29/h2-12,25H,1H3,(H,24,27)(H,28,29)/p-1. The summed E-state index contributed by atoms with van der Waals surface area (Å²) < 4.78 is 28.4. The molecule has 2 N–H and O–H groups in total. The van der Waals surface area contributed by atoms with Crippen LogP contribution in [0.2, 0.25) is 0 Å². The Morgan fingerprint density at radius 2 is 1.53 bits per heavy atom. The van der Waals surface area contributed by atoms with Crippen LogP contribution < -0.4 is 15.1 Å². The van der Waals surface area contributed by atoms with E-state index in [9.17, 15) is 27.9 Å². The summed E-state index contributed by atoms with van der Waals surface area (Å²) in [5.74, 6) is -2.31. The van der Waals surface area contributed by atoms with Gasteiger partial charge in [-0.1, -0.05) is 18.2 Å². The Morgan fingerprint density at radius 3 is 2.16 bits per heavy atom. The Balaban J connectivity index is 1.88. The average molecular weight is 516 g/mol. The van der Waals surface area contributed by atoms with Crippen LogP contribution in [0, 0.1) is 0 Å². The molecule has 164 valence electrons. The number of sulfonamides is 1. The maximum atomic E-state index is 12.9. The van der Waals surface area contributed by atoms with Gasteiger partial charge in [0.05, 0.1) is 11.7 Å². The minimum absolute atomic E-state index is 0.00588. The molecule has 0 saturated heterocycles. The predicted molar refractivity (Wildman–Crippen MR) is 120 cm³/mol. The van der Waals surface area contributed by atoms with E-state index in [0.717, 1.165) is 6.07 Å². The molecule has 0 atom stereocenters. The molecule has 1 amide bonds. The molecule has 10 heteroatoms. The number of anilines is 2. The van der Waals surface area contributed by atoms with E-state index in [-0.39, 0.29) is 37.7 Å². The molecule has 3 aromatic carbocycles. The molecule has 0 aliphatic carbocycles. The summed E-state index contributed by atoms with van der Waals surface area (Å²) in [5, 5.41) is 13.7. The Kier molecular flexibility index (Phi) is 6.75. The average Bonchev–Trinajstić information content (AvgIpc) is 2.74. The summed E-state index contributed by atoms with van der Waals surface area (Å²) >= 11 is 3.18. The number of aromatic carboxylic acids is 1. The molecule has 0 saturated carbocycles. The number of carbonyl (C=O) groups is 3. The van der Waals surface area contributed by atoms with Gasteiger partial charge in [-0.05, 0) is 71.4 Å². The molecular formula is C22H16BrN2O6S-. The highest BCUT2D eigenvalue weighted by molar-refractivity contribution is 9.10. The quantitative estimate of drug-likeness (QED) is 0.464. The Labute approximate surface area is 192 Å². The molecule has 32 heavy (non-hydrogen) atoms. The van der Waals surface area contributed by atoms with Crippen molar-refractivity contribution in [2.45, 2.75) is 11.8 Å². The zero-order chi connectivity index (χ0) is 23.5. The molecule has 3 rings (SSSR count). The first kappa shape index (κ1) is 23.2. The largest absolute Gasteiger partial charge is 0.545 e. The normalized spacial score (nSPS) is 10.9. The molecule has 0 bridgehead atoms. The summed E-state index contributed by atoms with van der Waals surface area (Å²) in [4.78, 5) is 35.1. The Morgan fingerprint density at radius 1 is 0.906 bits per heavy atom. The first-order valence-corrected chi connectivity index (χ1v) is 11.4. The van der Waals surface area contributed by atoms with Crippen molar-refractivity contribution in [1.29, 1.82) is 0 Å². The minimum atomic E-state index is -4.09. The number of hydrogen-bond acceptors (Lipinski definition) is 6. The van der Waals surface area contributed by atoms with Crippen molar-refractivity contribution in [1.82, 2.24) is 0 Å². The van der Waals surface area contributed by atoms with E-state index < -0.39 is 21.9 Å². The van der Waals surface area contributed by atoms with Crippen molar-refractivity contribution in [3.05, 3.63) is 87.9 Å². The van der Waals surface area contributed by atoms with Gasteiger partial charge < -0.3 is 15.2 Å². The van der Waals surface area contributed by atoms with Crippen LogP contribution in [-0.2, 0) is 10.0 Å². The number of carbonyl (C=O) groups excluding carboxylic acids is 3. The predicted octanol–water partition coefficient (Wildman–Crippen LogP) is 3.07. The van der Waals surface area contributed by atoms with Crippen molar-refractivity contribution >= 4 is 55.0 Å². The number of para-hydroxylation sites is 1. The number of amides is 1. The van der Waals surface area contributed by atoms with Crippen LogP contribution >= 0.6 is 15.9 Å². The maximum Gasteiger partial charge on any atom is 0.263 e. The summed E-state index contributed by atoms with van der Waals surface area (Å²) in [5.41, 5.74) is 0.480. The molecule has 0 aliphatic rings. The van der Waals surface area contributed by atoms with Gasteiger partial charge >= 0.3 is 0 Å². The zero-order valence-corrected chi connectivity index (χ0v) is 19.0. The summed E-state index contributed by atoms with van der Waals surface area (Å²) in [6.07, 6.45) is 0. The lowest BCUT2D eigenvalue weighted by Gasteiger charge is -2.13. The van der Waals surface area contributed by atoms with Gasteiger partial charge in [0.25, 0.3) is 15.9 Å². The molecule has 0 unspecified atom stereocenters. The van der Waals surface area contributed by atoms with Crippen molar-refractivity contribution < 1.29 is 27.9 Å². The highest BCUT2D eigenvalue weighted by Gasteiger charge is 2.21. The second-order valence-corrected chi connectivity index (χ2v) is 9.18. The number of ketones is 1. The molecule has 0 aliphatic heterocycles. The van der Waals surface area contributed by atoms with Crippen molar-refractivity contribution in [2.24, 2.45) is 0 Å². The van der Waals surface area contributed by atoms with Crippen LogP contribution in [0.1, 0.15) is 38.0 Å². The molecule has 0 spiro atoms. The minimum Gasteiger partial charge on any atom is -0.545 e. The van der Waals surface area contributed by atoms with E-state index in [4.69, 9.17) is 0 Å². The highest BCUT2D eigenvalue weighted by Crippen LogP contribution is 2.26. The fourth-order valence-corrected chi connectivity index (χ4v) is 4.85. The summed E-state index contributed by atoms with van der Waals surface area (Å²) in [7, 11) is -4.09. The molecule has 0 heterocycles. The van der Waals surface area contributed by atoms with Crippen molar-refractivity contribution in [3.8, 4) is 0 Å². The first-order chi connectivity index (χ1) is 15.1. The summed E-state index contributed by atoms with van der Waals surface area (Å²) in [6, 6.07) is 15.5. The van der Waals surface area contributed by atoms with Gasteiger partial charge in [0.2, 0.25) is 0 Å². The van der Waals surface area contributed by atoms with Crippen LogP contribution in [0.4, 0.5) is 11.4 Å². The topological polar surface area (TPSA) is 132 Å². The third-order valence-electron chi connectivity index (χ3n) is 4.42. The second kappa shape index (κ2) is 9.33. The SMILES string of the molecule is CC(=O)c1ccc(NS(=O)(=O)c2cc(C(=O)Nc3ccccc3C(=O)[O-])ccc2Br)cc1. The molecule has 0 aromatic heterocycles. The van der Waals surface area contributed by atoms with Crippen LogP contribution in [0.25, 0.3) is 0 Å². The van der Waals surface area contributed by atoms with Crippen molar-refractivity contribution in [2.75, 3.05) is 10.0 Å². The van der Waals surface area contributed by atoms with Crippen LogP contribution in [-0.4, -0.2) is 26.1 Å². The van der Waals surface area contributed by atoms with E-state index in [2.05, 4.69) is 26.0 Å². The number of carboxylic acids is 1. The smallest absolute Gasteiger partial charge is 0.263 e. The van der Waals surface area contributed by atoms with E-state index in [0.29, 0.717) is 5.56 Å². The number of nitrogens with one attached hydrogen (secondary N) is 2. The molecule has 3 aromatic rings. The number of benzene rings is 3. The molecule has 0 fully saturated rings. The summed E-state index contributed by atoms with van der Waals surface area (Å²) in [6.45, 7) is 1.40. The third-order valence-corrected chi connectivity index (χ3v) is 6.80. The van der Waals surface area contributed by atoms with Gasteiger partial charge in [-0.3, -0.25) is 14.3 Å². The Bertz CT molecular complexity index is 1320. The maximum absolute atomic E-state index is 12.9. The fraction of sp³-hybridized carbons (Fsp3) is 0.0455. The van der Waals surface area contributed by atoms with Crippen LogP contribution in [0.3, 0.4) is 0 Å². The van der Waals surface area contributed by atoms with Crippen LogP contribution in [0.5, 0.6) is 0 Å². The lowest BCUT2D eigenvalue weighted by atomic mass is 10.1. The molecule has 8 nitrogen and oxygen atoms in total. The third kappa shape index (κ3) is 5.21. The Hall–Kier alpha value is -3.50. The van der Waals surface area contributed by atoms with Gasteiger partial charge in [-0.2, -0.15) is 0 Å². The number of halogens is 1. The van der Waals surface area contributed by atoms with E-state index in [1.165, 1.54) is 61.5 Å². The first-order valence-electron chi connectivity index (χ1n) is 9.13. The van der Waals surface area contributed by atoms with Crippen molar-refractivity contribution in [3.63, 3.8) is 0 Å². The van der Waals surface area contributed by atoms with Gasteiger partial charge in [-0.25, -0.2) is 8.42 Å². The van der Waals surface area contributed by atoms with Gasteiger partial charge in [0.1, 0.15) is 4.90 Å². The van der Waals surface area contributed by atoms with Gasteiger partial charge in [0.15, 0.2) is 5.78 Å². The molecular weight excluding hydrogens is 500 g/mol. The van der Waals surface area contributed by atoms with E-state index >= 15 is 0 Å². The second-order valence-electron chi connectivity index (χ2n) is 6.67. The molecule has 0 radical (unpaired) electrons. The highest BCUT2D eigenvalue weighted by atomic mass is 79.9. The number of carboxylic acid groups (broad SMARTS) is 1. The lowest BCUT2D eigenvalue weighted by Crippen LogP contribution is -2.25. The zero-order valence-electron chi connectivity index (χ0n) is 16.6. The number of rotatable bonds is 7. The van der Waals surface area contributed by atoms with Gasteiger partial charge in [0, 0.05) is 26.9 Å². The van der Waals surface area contributed by atoms with E-state index in [1.54, 1.807) is 6.07 Å². The van der Waals surface area contributed by atoms with Crippen LogP contribution in [0.15, 0.2) is 76.1 Å².